The normalized spacial score (nSPS) is 27.4. The number of fused-ring (bicyclic) bond motifs is 3. The summed E-state index contributed by atoms with van der Waals surface area (Å²) in [5, 5.41) is 11.8. The molecule has 1 N–H and O–H groups in total. The van der Waals surface area contributed by atoms with Crippen LogP contribution in [0, 0.1) is 0 Å². The van der Waals surface area contributed by atoms with Gasteiger partial charge in [0.2, 0.25) is 0 Å². The number of ketones is 1. The maximum atomic E-state index is 14.5. The number of aliphatic hydroxyl groups is 1. The Morgan fingerprint density at radius 3 is 2.74 bits per heavy atom. The molecule has 198 valence electrons. The number of amides is 2. The van der Waals surface area contributed by atoms with Crippen molar-refractivity contribution in [3.63, 3.8) is 0 Å². The summed E-state index contributed by atoms with van der Waals surface area (Å²) >= 11 is 0. The van der Waals surface area contributed by atoms with Crippen LogP contribution in [0.3, 0.4) is 0 Å². The summed E-state index contributed by atoms with van der Waals surface area (Å²) in [6.45, 7) is 5.13. The fourth-order valence-corrected chi connectivity index (χ4v) is 6.36. The van der Waals surface area contributed by atoms with Crippen LogP contribution >= 0.6 is 0 Å². The van der Waals surface area contributed by atoms with Gasteiger partial charge in [-0.1, -0.05) is 31.5 Å². The Balaban J connectivity index is 1.57. The van der Waals surface area contributed by atoms with Crippen LogP contribution in [0.4, 0.5) is 5.69 Å². The van der Waals surface area contributed by atoms with Crippen LogP contribution in [0.1, 0.15) is 56.2 Å². The summed E-state index contributed by atoms with van der Waals surface area (Å²) in [6, 6.07) is 12.5. The van der Waals surface area contributed by atoms with E-state index in [1.165, 1.54) is 4.90 Å². The topological polar surface area (TPSA) is 96.4 Å². The molecule has 2 aromatic rings. The van der Waals surface area contributed by atoms with Crippen molar-refractivity contribution in [2.75, 3.05) is 24.6 Å². The largest absolute Gasteiger partial charge is 0.507 e. The number of unbranched alkanes of at least 4 members (excludes halogenated alkanes) is 1. The van der Waals surface area contributed by atoms with Crippen molar-refractivity contribution in [2.24, 2.45) is 0 Å². The molecule has 3 atom stereocenters. The number of rotatable bonds is 6. The highest BCUT2D eigenvalue weighted by atomic mass is 16.5. The highest BCUT2D eigenvalue weighted by Crippen LogP contribution is 2.54. The van der Waals surface area contributed by atoms with Gasteiger partial charge in [-0.25, -0.2) is 0 Å². The third-order valence-electron chi connectivity index (χ3n) is 8.12. The SMILES string of the molecule is CCCCN1C(=O)[C@]2(C(=C(O)c3ccc4c(c3)C[C@@H](C)O4)C(=O)C(=O)N2C[C@@H]2CCCO2)c2ccccc21. The number of ether oxygens (including phenoxy) is 2. The van der Waals surface area contributed by atoms with E-state index in [0.717, 1.165) is 37.0 Å². The molecule has 8 heteroatoms. The van der Waals surface area contributed by atoms with Gasteiger partial charge in [-0.15, -0.1) is 0 Å². The van der Waals surface area contributed by atoms with Crippen molar-refractivity contribution < 1.29 is 29.0 Å². The van der Waals surface area contributed by atoms with Crippen molar-refractivity contribution in [3.05, 3.63) is 64.7 Å². The third-order valence-corrected chi connectivity index (χ3v) is 8.12. The number of hydrogen-bond donors (Lipinski definition) is 1. The van der Waals surface area contributed by atoms with Crippen LogP contribution in [-0.4, -0.2) is 59.5 Å². The average Bonchev–Trinajstić information content (AvgIpc) is 3.66. The first-order valence-corrected chi connectivity index (χ1v) is 13.5. The average molecular weight is 517 g/mol. The highest BCUT2D eigenvalue weighted by Gasteiger charge is 2.67. The second-order valence-electron chi connectivity index (χ2n) is 10.6. The molecule has 0 bridgehead atoms. The highest BCUT2D eigenvalue weighted by molar-refractivity contribution is 6.50. The van der Waals surface area contributed by atoms with Gasteiger partial charge in [0.25, 0.3) is 17.6 Å². The van der Waals surface area contributed by atoms with Gasteiger partial charge in [-0.2, -0.15) is 0 Å². The molecule has 0 aliphatic carbocycles. The number of likely N-dealkylation sites (tertiary alicyclic amines) is 1. The molecule has 0 unspecified atom stereocenters. The van der Waals surface area contributed by atoms with Gasteiger partial charge in [0.05, 0.1) is 17.4 Å². The first-order chi connectivity index (χ1) is 18.4. The number of para-hydroxylation sites is 1. The lowest BCUT2D eigenvalue weighted by Crippen LogP contribution is -2.54. The first-order valence-electron chi connectivity index (χ1n) is 13.5. The lowest BCUT2D eigenvalue weighted by molar-refractivity contribution is -0.145. The molecule has 1 spiro atoms. The van der Waals surface area contributed by atoms with Gasteiger partial charge in [0.15, 0.2) is 5.54 Å². The molecular formula is C30H32N2O6. The first kappa shape index (κ1) is 24.7. The Hall–Kier alpha value is -3.65. The Kier molecular flexibility index (Phi) is 6.02. The summed E-state index contributed by atoms with van der Waals surface area (Å²) in [5.41, 5.74) is 0.561. The maximum Gasteiger partial charge on any atom is 0.296 e. The van der Waals surface area contributed by atoms with E-state index in [1.807, 2.05) is 26.0 Å². The minimum Gasteiger partial charge on any atom is -0.507 e. The summed E-state index contributed by atoms with van der Waals surface area (Å²) in [4.78, 5) is 45.0. The second kappa shape index (κ2) is 9.27. The van der Waals surface area contributed by atoms with Crippen molar-refractivity contribution in [1.82, 2.24) is 4.90 Å². The Morgan fingerprint density at radius 2 is 1.97 bits per heavy atom. The molecule has 4 aliphatic rings. The minimum absolute atomic E-state index is 0.00777. The number of carbonyl (C=O) groups is 3. The third kappa shape index (κ3) is 3.50. The minimum atomic E-state index is -1.75. The zero-order valence-corrected chi connectivity index (χ0v) is 21.7. The van der Waals surface area contributed by atoms with E-state index >= 15 is 0 Å². The fraction of sp³-hybridized carbons (Fsp3) is 0.433. The number of Topliss-reactive ketones (excluding diaryl/α,β-unsaturated/α-hetero) is 1. The van der Waals surface area contributed by atoms with Crippen LogP contribution in [0.25, 0.3) is 5.76 Å². The van der Waals surface area contributed by atoms with Crippen LogP contribution in [-0.2, 0) is 31.1 Å². The predicted octanol–water partition coefficient (Wildman–Crippen LogP) is 3.91. The molecule has 4 heterocycles. The van der Waals surface area contributed by atoms with E-state index in [0.29, 0.717) is 36.4 Å². The summed E-state index contributed by atoms with van der Waals surface area (Å²) in [7, 11) is 0. The molecule has 4 aliphatic heterocycles. The molecule has 2 saturated heterocycles. The quantitative estimate of drug-likeness (QED) is 0.355. The maximum absolute atomic E-state index is 14.5. The summed E-state index contributed by atoms with van der Waals surface area (Å²) in [6.07, 6.45) is 3.61. The van der Waals surface area contributed by atoms with Crippen LogP contribution < -0.4 is 9.64 Å². The van der Waals surface area contributed by atoms with Crippen LogP contribution in [0.15, 0.2) is 48.0 Å². The molecule has 2 amide bonds. The van der Waals surface area contributed by atoms with Gasteiger partial charge >= 0.3 is 0 Å². The molecule has 0 aromatic heterocycles. The molecular weight excluding hydrogens is 484 g/mol. The molecule has 0 radical (unpaired) electrons. The van der Waals surface area contributed by atoms with E-state index in [2.05, 4.69) is 0 Å². The van der Waals surface area contributed by atoms with E-state index in [1.54, 1.807) is 35.2 Å². The molecule has 0 saturated carbocycles. The van der Waals surface area contributed by atoms with E-state index < -0.39 is 17.2 Å². The number of anilines is 1. The van der Waals surface area contributed by atoms with E-state index in [9.17, 15) is 19.5 Å². The Morgan fingerprint density at radius 1 is 1.16 bits per heavy atom. The van der Waals surface area contributed by atoms with Gasteiger partial charge in [0.1, 0.15) is 17.6 Å². The Bertz CT molecular complexity index is 1360. The van der Waals surface area contributed by atoms with Crippen LogP contribution in [0.5, 0.6) is 5.75 Å². The number of benzene rings is 2. The molecule has 2 fully saturated rings. The van der Waals surface area contributed by atoms with E-state index in [4.69, 9.17) is 9.47 Å². The Labute approximate surface area is 221 Å². The van der Waals surface area contributed by atoms with Gasteiger partial charge < -0.3 is 24.4 Å². The van der Waals surface area contributed by atoms with Crippen LogP contribution in [0.2, 0.25) is 0 Å². The number of nitrogens with zero attached hydrogens (tertiary/aromatic N) is 2. The molecule has 2 aromatic carbocycles. The summed E-state index contributed by atoms with van der Waals surface area (Å²) in [5.74, 6) is -1.65. The zero-order chi connectivity index (χ0) is 26.6. The lowest BCUT2D eigenvalue weighted by Gasteiger charge is -2.35. The number of hydrogen-bond acceptors (Lipinski definition) is 6. The molecule has 38 heavy (non-hydrogen) atoms. The predicted molar refractivity (Wildman–Crippen MR) is 141 cm³/mol. The van der Waals surface area contributed by atoms with Crippen molar-refractivity contribution in [2.45, 2.75) is 63.7 Å². The van der Waals surface area contributed by atoms with Gasteiger partial charge in [-0.05, 0) is 56.0 Å². The molecule has 6 rings (SSSR count). The standard InChI is InChI=1S/C30H32N2O6/c1-3-4-13-31-23-10-6-5-9-22(23)30(29(31)36)25(27(34)28(35)32(30)17-21-8-7-14-37-21)26(33)19-11-12-24-20(16-19)15-18(2)38-24/h5-6,9-12,16,18,21,33H,3-4,7-8,13-15,17H2,1-2H3/t18-,21+,30-/m1/s1. The van der Waals surface area contributed by atoms with Crippen molar-refractivity contribution in [3.8, 4) is 5.75 Å². The molecule has 8 nitrogen and oxygen atoms in total. The van der Waals surface area contributed by atoms with Gasteiger partial charge in [0, 0.05) is 37.2 Å². The number of carbonyl (C=O) groups excluding carboxylic acids is 3. The van der Waals surface area contributed by atoms with Crippen molar-refractivity contribution >= 4 is 29.0 Å². The van der Waals surface area contributed by atoms with Gasteiger partial charge in [-0.3, -0.25) is 14.4 Å². The zero-order valence-electron chi connectivity index (χ0n) is 21.7. The summed E-state index contributed by atoms with van der Waals surface area (Å²) < 4.78 is 11.6. The number of aliphatic hydroxyl groups excluding tert-OH is 1. The monoisotopic (exact) mass is 516 g/mol. The second-order valence-corrected chi connectivity index (χ2v) is 10.6. The smallest absolute Gasteiger partial charge is 0.296 e. The van der Waals surface area contributed by atoms with Crippen molar-refractivity contribution in [1.29, 1.82) is 0 Å². The van der Waals surface area contributed by atoms with E-state index in [-0.39, 0.29) is 36.0 Å². The fourth-order valence-electron chi connectivity index (χ4n) is 6.36. The lowest BCUT2D eigenvalue weighted by atomic mass is 9.81.